The zero-order valence-electron chi connectivity index (χ0n) is 14.7. The van der Waals surface area contributed by atoms with Crippen molar-refractivity contribution in [3.8, 4) is 5.75 Å². The molecule has 1 unspecified atom stereocenters. The van der Waals surface area contributed by atoms with Gasteiger partial charge in [-0.05, 0) is 30.5 Å². The smallest absolute Gasteiger partial charge is 0.222 e. The van der Waals surface area contributed by atoms with Crippen molar-refractivity contribution in [3.63, 3.8) is 0 Å². The van der Waals surface area contributed by atoms with Gasteiger partial charge >= 0.3 is 0 Å². The average molecular weight is 345 g/mol. The van der Waals surface area contributed by atoms with Gasteiger partial charge in [0.15, 0.2) is 0 Å². The Hall–Kier alpha value is -2.37. The van der Waals surface area contributed by atoms with Gasteiger partial charge in [0.1, 0.15) is 18.2 Å². The number of H-pyrrole nitrogens is 1. The van der Waals surface area contributed by atoms with E-state index in [1.807, 2.05) is 11.0 Å². The Labute approximate surface area is 147 Å². The molecule has 1 amide bonds. The van der Waals surface area contributed by atoms with Crippen LogP contribution in [0.5, 0.6) is 5.75 Å². The zero-order chi connectivity index (χ0) is 17.8. The molecule has 0 bridgehead atoms. The Bertz CT molecular complexity index is 729. The standard InChI is InChI=1S/C19H24FN3O2/c1-13(2)8-19(24)23-7-6-14(11-23)18-10-16(21-22-18)12-25-17-5-3-4-15(20)9-17/h3-5,9-10,13-14H,6-8,11-12H2,1-2H3,(H,21,22). The van der Waals surface area contributed by atoms with E-state index in [4.69, 9.17) is 4.74 Å². The minimum absolute atomic E-state index is 0.225. The lowest BCUT2D eigenvalue weighted by Crippen LogP contribution is -2.29. The monoisotopic (exact) mass is 345 g/mol. The first-order valence-electron chi connectivity index (χ1n) is 8.71. The molecule has 1 aliphatic heterocycles. The lowest BCUT2D eigenvalue weighted by molar-refractivity contribution is -0.130. The molecule has 25 heavy (non-hydrogen) atoms. The number of likely N-dealkylation sites (tertiary alicyclic amines) is 1. The summed E-state index contributed by atoms with van der Waals surface area (Å²) in [5.74, 6) is 1.03. The summed E-state index contributed by atoms with van der Waals surface area (Å²) in [5.41, 5.74) is 1.80. The van der Waals surface area contributed by atoms with Crippen LogP contribution in [0.1, 0.15) is 44.0 Å². The van der Waals surface area contributed by atoms with Crippen molar-refractivity contribution in [2.75, 3.05) is 13.1 Å². The van der Waals surface area contributed by atoms with Crippen LogP contribution in [0.3, 0.4) is 0 Å². The Morgan fingerprint density at radius 1 is 1.44 bits per heavy atom. The van der Waals surface area contributed by atoms with Gasteiger partial charge in [0.05, 0.1) is 11.4 Å². The molecular formula is C19H24FN3O2. The minimum atomic E-state index is -0.320. The number of amides is 1. The average Bonchev–Trinajstić information content (AvgIpc) is 3.21. The fourth-order valence-corrected chi connectivity index (χ4v) is 3.09. The van der Waals surface area contributed by atoms with Crippen LogP contribution in [0.2, 0.25) is 0 Å². The highest BCUT2D eigenvalue weighted by Gasteiger charge is 2.29. The maximum absolute atomic E-state index is 13.2. The molecule has 1 aliphatic rings. The van der Waals surface area contributed by atoms with E-state index in [1.54, 1.807) is 12.1 Å². The van der Waals surface area contributed by atoms with Crippen LogP contribution in [0, 0.1) is 11.7 Å². The summed E-state index contributed by atoms with van der Waals surface area (Å²) in [6.07, 6.45) is 1.53. The summed E-state index contributed by atoms with van der Waals surface area (Å²) in [7, 11) is 0. The molecule has 6 heteroatoms. The number of benzene rings is 1. The largest absolute Gasteiger partial charge is 0.487 e. The molecule has 5 nitrogen and oxygen atoms in total. The second kappa shape index (κ2) is 7.68. The van der Waals surface area contributed by atoms with Crippen LogP contribution in [0.15, 0.2) is 30.3 Å². The van der Waals surface area contributed by atoms with E-state index in [1.165, 1.54) is 12.1 Å². The van der Waals surface area contributed by atoms with Crippen molar-refractivity contribution in [2.45, 2.75) is 39.2 Å². The van der Waals surface area contributed by atoms with E-state index in [0.29, 0.717) is 24.7 Å². The Balaban J connectivity index is 1.54. The number of nitrogens with one attached hydrogen (secondary N) is 1. The third-order valence-electron chi connectivity index (χ3n) is 4.38. The fraction of sp³-hybridized carbons (Fsp3) is 0.474. The minimum Gasteiger partial charge on any atom is -0.487 e. The van der Waals surface area contributed by atoms with Crippen molar-refractivity contribution in [1.29, 1.82) is 0 Å². The molecule has 1 N–H and O–H groups in total. The van der Waals surface area contributed by atoms with Crippen LogP contribution in [-0.2, 0) is 11.4 Å². The van der Waals surface area contributed by atoms with Gasteiger partial charge in [-0.15, -0.1) is 0 Å². The molecule has 1 atom stereocenters. The van der Waals surface area contributed by atoms with Crippen LogP contribution in [0.25, 0.3) is 0 Å². The lowest BCUT2D eigenvalue weighted by atomic mass is 10.1. The molecule has 1 fully saturated rings. The molecule has 2 heterocycles. The Morgan fingerprint density at radius 2 is 2.28 bits per heavy atom. The Morgan fingerprint density at radius 3 is 3.04 bits per heavy atom. The number of aromatic nitrogens is 2. The predicted octanol–water partition coefficient (Wildman–Crippen LogP) is 3.49. The number of hydrogen-bond acceptors (Lipinski definition) is 3. The molecular weight excluding hydrogens is 321 g/mol. The number of rotatable bonds is 6. The molecule has 134 valence electrons. The normalized spacial score (nSPS) is 17.3. The number of halogens is 1. The highest BCUT2D eigenvalue weighted by Crippen LogP contribution is 2.27. The quantitative estimate of drug-likeness (QED) is 0.872. The molecule has 1 saturated heterocycles. The topological polar surface area (TPSA) is 58.2 Å². The fourth-order valence-electron chi connectivity index (χ4n) is 3.09. The van der Waals surface area contributed by atoms with Crippen LogP contribution < -0.4 is 4.74 Å². The molecule has 1 aromatic heterocycles. The van der Waals surface area contributed by atoms with Crippen LogP contribution in [0.4, 0.5) is 4.39 Å². The number of hydrogen-bond donors (Lipinski definition) is 1. The van der Waals surface area contributed by atoms with Gasteiger partial charge in [-0.3, -0.25) is 9.89 Å². The van der Waals surface area contributed by atoms with E-state index in [-0.39, 0.29) is 17.6 Å². The van der Waals surface area contributed by atoms with E-state index in [0.717, 1.165) is 30.9 Å². The first-order chi connectivity index (χ1) is 12.0. The van der Waals surface area contributed by atoms with E-state index in [2.05, 4.69) is 24.0 Å². The van der Waals surface area contributed by atoms with Gasteiger partial charge in [-0.25, -0.2) is 4.39 Å². The van der Waals surface area contributed by atoms with Crippen molar-refractivity contribution >= 4 is 5.91 Å². The number of aromatic amines is 1. The van der Waals surface area contributed by atoms with Gasteiger partial charge in [0.25, 0.3) is 0 Å². The second-order valence-electron chi connectivity index (χ2n) is 6.99. The number of ether oxygens (including phenoxy) is 1. The summed E-state index contributed by atoms with van der Waals surface area (Å²) in [6.45, 7) is 5.94. The number of carbonyl (C=O) groups excluding carboxylic acids is 1. The maximum Gasteiger partial charge on any atom is 0.222 e. The third-order valence-corrected chi connectivity index (χ3v) is 4.38. The van der Waals surface area contributed by atoms with Gasteiger partial charge in [-0.1, -0.05) is 19.9 Å². The van der Waals surface area contributed by atoms with Gasteiger partial charge in [0.2, 0.25) is 5.91 Å². The lowest BCUT2D eigenvalue weighted by Gasteiger charge is -2.17. The highest BCUT2D eigenvalue weighted by molar-refractivity contribution is 5.76. The van der Waals surface area contributed by atoms with Crippen molar-refractivity contribution in [3.05, 3.63) is 47.5 Å². The van der Waals surface area contributed by atoms with Crippen LogP contribution >= 0.6 is 0 Å². The number of carbonyl (C=O) groups is 1. The summed E-state index contributed by atoms with van der Waals surface area (Å²) >= 11 is 0. The summed E-state index contributed by atoms with van der Waals surface area (Å²) in [5, 5.41) is 7.34. The third kappa shape index (κ3) is 4.59. The summed E-state index contributed by atoms with van der Waals surface area (Å²) in [6, 6.07) is 8.04. The molecule has 0 radical (unpaired) electrons. The van der Waals surface area contributed by atoms with E-state index < -0.39 is 0 Å². The van der Waals surface area contributed by atoms with Gasteiger partial charge in [-0.2, -0.15) is 5.10 Å². The molecule has 3 rings (SSSR count). The van der Waals surface area contributed by atoms with Crippen molar-refractivity contribution in [1.82, 2.24) is 15.1 Å². The summed E-state index contributed by atoms with van der Waals surface area (Å²) < 4.78 is 18.7. The van der Waals surface area contributed by atoms with E-state index >= 15 is 0 Å². The zero-order valence-corrected chi connectivity index (χ0v) is 14.7. The molecule has 0 spiro atoms. The molecule has 1 aromatic carbocycles. The van der Waals surface area contributed by atoms with E-state index in [9.17, 15) is 9.18 Å². The molecule has 2 aromatic rings. The second-order valence-corrected chi connectivity index (χ2v) is 6.99. The highest BCUT2D eigenvalue weighted by atomic mass is 19.1. The van der Waals surface area contributed by atoms with Gasteiger partial charge < -0.3 is 9.64 Å². The van der Waals surface area contributed by atoms with Crippen molar-refractivity contribution < 1.29 is 13.9 Å². The van der Waals surface area contributed by atoms with Crippen molar-refractivity contribution in [2.24, 2.45) is 5.92 Å². The summed E-state index contributed by atoms with van der Waals surface area (Å²) in [4.78, 5) is 14.1. The first-order valence-corrected chi connectivity index (χ1v) is 8.71. The van der Waals surface area contributed by atoms with Gasteiger partial charge in [0, 0.05) is 31.5 Å². The molecule has 0 aliphatic carbocycles. The van der Waals surface area contributed by atoms with Crippen LogP contribution in [-0.4, -0.2) is 34.1 Å². The molecule has 0 saturated carbocycles. The maximum atomic E-state index is 13.2. The Kier molecular flexibility index (Phi) is 5.36. The first kappa shape index (κ1) is 17.5. The predicted molar refractivity (Wildman–Crippen MR) is 92.7 cm³/mol. The SMILES string of the molecule is CC(C)CC(=O)N1CCC(c2cc(COc3cccc(F)c3)[nH]n2)C1. The number of nitrogens with zero attached hydrogens (tertiary/aromatic N) is 2.